The van der Waals surface area contributed by atoms with Gasteiger partial charge in [0, 0.05) is 28.7 Å². The van der Waals surface area contributed by atoms with E-state index in [0.717, 1.165) is 41.6 Å². The summed E-state index contributed by atoms with van der Waals surface area (Å²) in [6, 6.07) is 15.5. The number of carbonyl (C=O) groups excluding carboxylic acids is 2. The van der Waals surface area contributed by atoms with Gasteiger partial charge in [-0.2, -0.15) is 0 Å². The Kier molecular flexibility index (Phi) is 5.05. The Bertz CT molecular complexity index is 1150. The minimum atomic E-state index is -0.463. The van der Waals surface area contributed by atoms with Gasteiger partial charge in [-0.15, -0.1) is 0 Å². The van der Waals surface area contributed by atoms with Crippen LogP contribution in [-0.4, -0.2) is 27.7 Å². The molecule has 0 saturated carbocycles. The van der Waals surface area contributed by atoms with Crippen LogP contribution >= 0.6 is 0 Å². The van der Waals surface area contributed by atoms with Crippen LogP contribution in [0.1, 0.15) is 66.3 Å². The number of H-pyrrole nitrogens is 1. The van der Waals surface area contributed by atoms with E-state index in [1.165, 1.54) is 10.9 Å². The van der Waals surface area contributed by atoms with E-state index in [-0.39, 0.29) is 17.9 Å². The number of fused-ring (bicyclic) bond motifs is 4. The van der Waals surface area contributed by atoms with Gasteiger partial charge >= 0.3 is 0 Å². The van der Waals surface area contributed by atoms with Gasteiger partial charge in [0.25, 0.3) is 5.91 Å². The van der Waals surface area contributed by atoms with Gasteiger partial charge in [-0.3, -0.25) is 9.59 Å². The SMILES string of the molecule is CC(C)C[C@@H](C(=O)NC1CCCc2c1[nH]c1ccccc21)N1Cc2ccccc2C1=O. The molecule has 3 aromatic rings. The van der Waals surface area contributed by atoms with E-state index in [0.29, 0.717) is 18.9 Å². The number of nitrogens with one attached hydrogen (secondary N) is 2. The second kappa shape index (κ2) is 7.88. The Hall–Kier alpha value is -3.08. The highest BCUT2D eigenvalue weighted by atomic mass is 16.2. The highest BCUT2D eigenvalue weighted by Crippen LogP contribution is 2.35. The predicted octanol–water partition coefficient (Wildman–Crippen LogP) is 4.73. The van der Waals surface area contributed by atoms with Gasteiger partial charge in [0.05, 0.1) is 6.04 Å². The molecule has 2 N–H and O–H groups in total. The molecule has 2 heterocycles. The van der Waals surface area contributed by atoms with Gasteiger partial charge in [0.15, 0.2) is 0 Å². The molecule has 1 unspecified atom stereocenters. The molecular weight excluding hydrogens is 386 g/mol. The third-order valence-corrected chi connectivity index (χ3v) is 6.65. The van der Waals surface area contributed by atoms with E-state index in [1.54, 1.807) is 4.90 Å². The molecule has 0 saturated heterocycles. The van der Waals surface area contributed by atoms with Gasteiger partial charge < -0.3 is 15.2 Å². The number of benzene rings is 2. The van der Waals surface area contributed by atoms with Crippen LogP contribution in [0.15, 0.2) is 48.5 Å². The number of aromatic nitrogens is 1. The van der Waals surface area contributed by atoms with Crippen molar-refractivity contribution < 1.29 is 9.59 Å². The lowest BCUT2D eigenvalue weighted by atomic mass is 9.91. The van der Waals surface area contributed by atoms with Crippen molar-refractivity contribution in [2.45, 2.75) is 58.2 Å². The van der Waals surface area contributed by atoms with Crippen LogP contribution in [-0.2, 0) is 17.8 Å². The number of carbonyl (C=O) groups is 2. The minimum Gasteiger partial charge on any atom is -0.356 e. The highest BCUT2D eigenvalue weighted by molar-refractivity contribution is 6.01. The van der Waals surface area contributed by atoms with E-state index in [4.69, 9.17) is 0 Å². The van der Waals surface area contributed by atoms with Crippen LogP contribution in [0.5, 0.6) is 0 Å². The maximum absolute atomic E-state index is 13.5. The number of hydrogen-bond acceptors (Lipinski definition) is 2. The molecule has 0 fully saturated rings. The van der Waals surface area contributed by atoms with E-state index in [9.17, 15) is 9.59 Å². The number of aromatic amines is 1. The van der Waals surface area contributed by atoms with Crippen molar-refractivity contribution in [1.82, 2.24) is 15.2 Å². The molecule has 2 aromatic carbocycles. The number of nitrogens with zero attached hydrogens (tertiary/aromatic N) is 1. The molecule has 2 aliphatic rings. The van der Waals surface area contributed by atoms with Gasteiger partial charge in [0.2, 0.25) is 5.91 Å². The molecule has 31 heavy (non-hydrogen) atoms. The average molecular weight is 416 g/mol. The van der Waals surface area contributed by atoms with Crippen molar-refractivity contribution in [3.05, 3.63) is 70.9 Å². The lowest BCUT2D eigenvalue weighted by Crippen LogP contribution is -2.49. The summed E-state index contributed by atoms with van der Waals surface area (Å²) in [6.45, 7) is 4.71. The lowest BCUT2D eigenvalue weighted by molar-refractivity contribution is -0.127. The first-order valence-corrected chi connectivity index (χ1v) is 11.3. The molecule has 2 atom stereocenters. The fraction of sp³-hybridized carbons (Fsp3) is 0.385. The smallest absolute Gasteiger partial charge is 0.255 e. The Balaban J connectivity index is 1.41. The molecule has 0 bridgehead atoms. The van der Waals surface area contributed by atoms with E-state index in [2.05, 4.69) is 42.3 Å². The van der Waals surface area contributed by atoms with Crippen LogP contribution in [0.25, 0.3) is 10.9 Å². The molecule has 5 rings (SSSR count). The summed E-state index contributed by atoms with van der Waals surface area (Å²) in [5.41, 5.74) is 5.29. The second-order valence-corrected chi connectivity index (χ2v) is 9.25. The normalized spacial score (nSPS) is 18.9. The fourth-order valence-corrected chi connectivity index (χ4v) is 5.18. The van der Waals surface area contributed by atoms with Crippen molar-refractivity contribution in [3.63, 3.8) is 0 Å². The molecule has 160 valence electrons. The van der Waals surface area contributed by atoms with Crippen molar-refractivity contribution in [2.24, 2.45) is 5.92 Å². The molecule has 1 aliphatic heterocycles. The molecule has 0 radical (unpaired) electrons. The van der Waals surface area contributed by atoms with Crippen molar-refractivity contribution in [3.8, 4) is 0 Å². The predicted molar refractivity (Wildman–Crippen MR) is 122 cm³/mol. The van der Waals surface area contributed by atoms with Crippen molar-refractivity contribution in [2.75, 3.05) is 0 Å². The molecule has 1 aliphatic carbocycles. The summed E-state index contributed by atoms with van der Waals surface area (Å²) in [5.74, 6) is 0.222. The minimum absolute atomic E-state index is 0.0358. The van der Waals surface area contributed by atoms with Crippen LogP contribution in [0, 0.1) is 5.92 Å². The van der Waals surface area contributed by atoms with Crippen LogP contribution in [0.2, 0.25) is 0 Å². The quantitative estimate of drug-likeness (QED) is 0.633. The van der Waals surface area contributed by atoms with Gasteiger partial charge in [-0.1, -0.05) is 50.2 Å². The summed E-state index contributed by atoms with van der Waals surface area (Å²) in [4.78, 5) is 31.9. The van der Waals surface area contributed by atoms with Gasteiger partial charge in [0.1, 0.15) is 6.04 Å². The average Bonchev–Trinajstić information content (AvgIpc) is 3.31. The van der Waals surface area contributed by atoms with Crippen LogP contribution in [0.4, 0.5) is 0 Å². The Morgan fingerprint density at radius 1 is 1.16 bits per heavy atom. The molecule has 1 aromatic heterocycles. The van der Waals surface area contributed by atoms with Crippen LogP contribution < -0.4 is 5.32 Å². The maximum atomic E-state index is 13.5. The molecule has 2 amide bonds. The molecular formula is C26H29N3O2. The van der Waals surface area contributed by atoms with Crippen molar-refractivity contribution in [1.29, 1.82) is 0 Å². The first-order chi connectivity index (χ1) is 15.0. The van der Waals surface area contributed by atoms with Crippen LogP contribution in [0.3, 0.4) is 0 Å². The zero-order valence-electron chi connectivity index (χ0n) is 18.2. The maximum Gasteiger partial charge on any atom is 0.255 e. The van der Waals surface area contributed by atoms with Gasteiger partial charge in [-0.25, -0.2) is 0 Å². The number of para-hydroxylation sites is 1. The summed E-state index contributed by atoms with van der Waals surface area (Å²) >= 11 is 0. The zero-order chi connectivity index (χ0) is 21.5. The van der Waals surface area contributed by atoms with Gasteiger partial charge in [-0.05, 0) is 54.9 Å². The Morgan fingerprint density at radius 2 is 1.94 bits per heavy atom. The second-order valence-electron chi connectivity index (χ2n) is 9.25. The highest BCUT2D eigenvalue weighted by Gasteiger charge is 2.37. The summed E-state index contributed by atoms with van der Waals surface area (Å²) in [6.07, 6.45) is 3.63. The zero-order valence-corrected chi connectivity index (χ0v) is 18.2. The third-order valence-electron chi connectivity index (χ3n) is 6.65. The Morgan fingerprint density at radius 3 is 2.74 bits per heavy atom. The lowest BCUT2D eigenvalue weighted by Gasteiger charge is -2.31. The molecule has 5 heteroatoms. The first kappa shape index (κ1) is 19.9. The monoisotopic (exact) mass is 415 g/mol. The largest absolute Gasteiger partial charge is 0.356 e. The summed E-state index contributed by atoms with van der Waals surface area (Å²) in [7, 11) is 0. The topological polar surface area (TPSA) is 65.2 Å². The molecule has 5 nitrogen and oxygen atoms in total. The molecule has 0 spiro atoms. The number of rotatable bonds is 5. The summed E-state index contributed by atoms with van der Waals surface area (Å²) in [5, 5.41) is 4.55. The third kappa shape index (κ3) is 3.52. The summed E-state index contributed by atoms with van der Waals surface area (Å²) < 4.78 is 0. The number of amides is 2. The van der Waals surface area contributed by atoms with E-state index in [1.807, 2.05) is 30.3 Å². The Labute approximate surface area is 182 Å². The van der Waals surface area contributed by atoms with E-state index < -0.39 is 6.04 Å². The number of aryl methyl sites for hydroxylation is 1. The van der Waals surface area contributed by atoms with Crippen molar-refractivity contribution >= 4 is 22.7 Å². The standard InChI is InChI=1S/C26H29N3O2/c1-16(2)14-23(29-15-17-8-3-4-9-18(17)26(29)31)25(30)28-22-13-7-11-20-19-10-5-6-12-21(19)27-24(20)22/h3-6,8-10,12,16,22-23,27H,7,11,13-15H2,1-2H3,(H,28,30)/t22?,23-/m0/s1. The van der Waals surface area contributed by atoms with E-state index >= 15 is 0 Å². The number of hydrogen-bond donors (Lipinski definition) is 2. The first-order valence-electron chi connectivity index (χ1n) is 11.3. The fourth-order valence-electron chi connectivity index (χ4n) is 5.18.